The third-order valence-electron chi connectivity index (χ3n) is 4.58. The van der Waals surface area contributed by atoms with Crippen LogP contribution in [0.15, 0.2) is 23.1 Å². The zero-order valence-electron chi connectivity index (χ0n) is 15.3. The molecule has 1 N–H and O–H groups in total. The predicted octanol–water partition coefficient (Wildman–Crippen LogP) is 4.98. The fourth-order valence-electron chi connectivity index (χ4n) is 3.09. The number of aromatic nitrogens is 1. The summed E-state index contributed by atoms with van der Waals surface area (Å²) in [6, 6.07) is 5.92. The van der Waals surface area contributed by atoms with Crippen molar-refractivity contribution >= 4 is 38.2 Å². The highest BCUT2D eigenvalue weighted by molar-refractivity contribution is 7.86. The minimum atomic E-state index is -1.35. The number of anilines is 1. The highest BCUT2D eigenvalue weighted by Crippen LogP contribution is 2.34. The number of ether oxygens (including phenoxy) is 1. The lowest BCUT2D eigenvalue weighted by Gasteiger charge is -2.19. The van der Waals surface area contributed by atoms with Crippen LogP contribution < -0.4 is 9.46 Å². The van der Waals surface area contributed by atoms with Crippen LogP contribution in [0.5, 0.6) is 5.75 Å². The summed E-state index contributed by atoms with van der Waals surface area (Å²) in [6.07, 6.45) is 0. The van der Waals surface area contributed by atoms with Crippen molar-refractivity contribution in [1.29, 1.82) is 0 Å². The van der Waals surface area contributed by atoms with Crippen molar-refractivity contribution in [1.82, 2.24) is 4.98 Å². The fourth-order valence-corrected chi connectivity index (χ4v) is 5.21. The molecule has 0 aliphatic carbocycles. The molecule has 1 atom stereocenters. The van der Waals surface area contributed by atoms with Crippen molar-refractivity contribution in [3.63, 3.8) is 0 Å². The van der Waals surface area contributed by atoms with Gasteiger partial charge in [-0.15, -0.1) is 11.3 Å². The van der Waals surface area contributed by atoms with Gasteiger partial charge in [-0.2, -0.15) is 0 Å². The van der Waals surface area contributed by atoms with Crippen LogP contribution in [0.2, 0.25) is 0 Å². The van der Waals surface area contributed by atoms with Gasteiger partial charge in [0.05, 0.1) is 27.2 Å². The van der Waals surface area contributed by atoms with Crippen LogP contribution in [0.4, 0.5) is 5.69 Å². The van der Waals surface area contributed by atoms with Gasteiger partial charge < -0.3 is 9.46 Å². The number of methoxy groups -OCH3 is 1. The highest BCUT2D eigenvalue weighted by atomic mass is 32.2. The number of nitrogens with one attached hydrogen (secondary N) is 1. The Morgan fingerprint density at radius 3 is 2.28 bits per heavy atom. The maximum absolute atomic E-state index is 13.0. The van der Waals surface area contributed by atoms with E-state index in [0.29, 0.717) is 0 Å². The van der Waals surface area contributed by atoms with E-state index in [1.54, 1.807) is 18.4 Å². The van der Waals surface area contributed by atoms with Crippen molar-refractivity contribution in [2.45, 2.75) is 39.5 Å². The van der Waals surface area contributed by atoms with Crippen molar-refractivity contribution < 1.29 is 8.95 Å². The first kappa shape index (κ1) is 17.9. The van der Waals surface area contributed by atoms with Gasteiger partial charge in [-0.25, -0.2) is 9.19 Å². The van der Waals surface area contributed by atoms with Crippen LogP contribution in [-0.2, 0) is 11.0 Å². The normalized spacial score (nSPS) is 12.4. The minimum Gasteiger partial charge on any atom is -0.496 e. The van der Waals surface area contributed by atoms with Gasteiger partial charge >= 0.3 is 0 Å². The smallest absolute Gasteiger partial charge is 0.150 e. The zero-order chi connectivity index (χ0) is 18.3. The van der Waals surface area contributed by atoms with E-state index < -0.39 is 11.0 Å². The van der Waals surface area contributed by atoms with E-state index in [1.165, 1.54) is 0 Å². The molecule has 0 fully saturated rings. The van der Waals surface area contributed by atoms with Crippen LogP contribution in [0.1, 0.15) is 27.3 Å². The Labute approximate surface area is 154 Å². The standard InChI is InChI=1S/C19H22N2O2S2/c1-10-12(3)19(13(4)11(2)18(10)23-6)25(22)21-15-7-8-17-16(9-15)20-14(5)24-17/h7-9,21H,1-6H3. The molecule has 0 spiro atoms. The molecule has 6 heteroatoms. The molecule has 0 bridgehead atoms. The first-order chi connectivity index (χ1) is 11.8. The molecule has 1 aromatic heterocycles. The molecule has 132 valence electrons. The van der Waals surface area contributed by atoms with Gasteiger partial charge in [-0.1, -0.05) is 0 Å². The topological polar surface area (TPSA) is 51.2 Å². The van der Waals surface area contributed by atoms with Gasteiger partial charge in [0.2, 0.25) is 0 Å². The Kier molecular flexibility index (Phi) is 4.84. The van der Waals surface area contributed by atoms with Crippen molar-refractivity contribution in [2.75, 3.05) is 11.8 Å². The summed E-state index contributed by atoms with van der Waals surface area (Å²) in [5.74, 6) is 0.870. The number of hydrogen-bond acceptors (Lipinski definition) is 4. The van der Waals surface area contributed by atoms with Crippen molar-refractivity contribution in [3.8, 4) is 5.75 Å². The summed E-state index contributed by atoms with van der Waals surface area (Å²) in [6.45, 7) is 9.99. The summed E-state index contributed by atoms with van der Waals surface area (Å²) < 4.78 is 22.8. The number of thiazole rings is 1. The first-order valence-corrected chi connectivity index (χ1v) is 10.00. The van der Waals surface area contributed by atoms with E-state index in [1.807, 2.05) is 52.8 Å². The lowest BCUT2D eigenvalue weighted by Crippen LogP contribution is -2.11. The van der Waals surface area contributed by atoms with Crippen LogP contribution in [0.25, 0.3) is 10.2 Å². The zero-order valence-corrected chi connectivity index (χ0v) is 16.9. The summed E-state index contributed by atoms with van der Waals surface area (Å²) in [5.41, 5.74) is 5.79. The van der Waals surface area contributed by atoms with E-state index in [-0.39, 0.29) is 0 Å². The van der Waals surface area contributed by atoms with E-state index in [4.69, 9.17) is 4.74 Å². The summed E-state index contributed by atoms with van der Waals surface area (Å²) in [4.78, 5) is 5.33. The monoisotopic (exact) mass is 374 g/mol. The van der Waals surface area contributed by atoms with Crippen LogP contribution in [-0.4, -0.2) is 16.3 Å². The number of rotatable bonds is 4. The molecule has 0 aliphatic rings. The maximum Gasteiger partial charge on any atom is 0.150 e. The second-order valence-electron chi connectivity index (χ2n) is 6.15. The van der Waals surface area contributed by atoms with E-state index in [2.05, 4.69) is 9.71 Å². The Bertz CT molecular complexity index is 964. The van der Waals surface area contributed by atoms with Gasteiger partial charge in [0.1, 0.15) is 5.75 Å². The molecule has 0 amide bonds. The third-order valence-corrected chi connectivity index (χ3v) is 6.94. The van der Waals surface area contributed by atoms with E-state index in [9.17, 15) is 4.21 Å². The molecular weight excluding hydrogens is 352 g/mol. The predicted molar refractivity (Wildman–Crippen MR) is 106 cm³/mol. The lowest BCUT2D eigenvalue weighted by atomic mass is 10.00. The Balaban J connectivity index is 2.00. The molecule has 0 radical (unpaired) electrons. The molecule has 0 saturated heterocycles. The van der Waals surface area contributed by atoms with Gasteiger partial charge in [-0.3, -0.25) is 0 Å². The van der Waals surface area contributed by atoms with Gasteiger partial charge in [0.15, 0.2) is 11.0 Å². The summed E-state index contributed by atoms with van der Waals surface area (Å²) in [7, 11) is 0.320. The van der Waals surface area contributed by atoms with Gasteiger partial charge in [0.25, 0.3) is 0 Å². The number of hydrogen-bond donors (Lipinski definition) is 1. The van der Waals surface area contributed by atoms with Crippen LogP contribution in [0, 0.1) is 34.6 Å². The van der Waals surface area contributed by atoms with Crippen molar-refractivity contribution in [3.05, 3.63) is 45.5 Å². The average Bonchev–Trinajstić information content (AvgIpc) is 2.93. The Morgan fingerprint density at radius 2 is 1.68 bits per heavy atom. The van der Waals surface area contributed by atoms with E-state index >= 15 is 0 Å². The maximum atomic E-state index is 13.0. The molecule has 2 aromatic carbocycles. The van der Waals surface area contributed by atoms with Crippen LogP contribution in [0.3, 0.4) is 0 Å². The first-order valence-electron chi connectivity index (χ1n) is 8.03. The third kappa shape index (κ3) is 3.16. The number of benzene rings is 2. The largest absolute Gasteiger partial charge is 0.496 e. The van der Waals surface area contributed by atoms with Gasteiger partial charge in [0, 0.05) is 5.69 Å². The molecule has 0 saturated carbocycles. The minimum absolute atomic E-state index is 0.807. The van der Waals surface area contributed by atoms with Crippen molar-refractivity contribution in [2.24, 2.45) is 0 Å². The molecule has 25 heavy (non-hydrogen) atoms. The summed E-state index contributed by atoms with van der Waals surface area (Å²) >= 11 is 1.66. The van der Waals surface area contributed by atoms with Crippen LogP contribution >= 0.6 is 11.3 Å². The molecule has 3 rings (SSSR count). The van der Waals surface area contributed by atoms with Gasteiger partial charge in [-0.05, 0) is 75.1 Å². The van der Waals surface area contributed by atoms with E-state index in [0.717, 1.165) is 53.8 Å². The second kappa shape index (κ2) is 6.77. The summed E-state index contributed by atoms with van der Waals surface area (Å²) in [5, 5.41) is 1.03. The molecule has 1 heterocycles. The lowest BCUT2D eigenvalue weighted by molar-refractivity contribution is 0.407. The number of aryl methyl sites for hydroxylation is 1. The molecule has 0 aliphatic heterocycles. The SMILES string of the molecule is COc1c(C)c(C)c(S(=O)Nc2ccc3sc(C)nc3c2)c(C)c1C. The molecular formula is C19H22N2O2S2. The average molecular weight is 375 g/mol. The Hall–Kier alpha value is -1.92. The fraction of sp³-hybridized carbons (Fsp3) is 0.316. The number of nitrogens with zero attached hydrogens (tertiary/aromatic N) is 1. The highest BCUT2D eigenvalue weighted by Gasteiger charge is 2.19. The quantitative estimate of drug-likeness (QED) is 0.700. The number of fused-ring (bicyclic) bond motifs is 1. The molecule has 1 unspecified atom stereocenters. The second-order valence-corrected chi connectivity index (χ2v) is 8.53. The Morgan fingerprint density at radius 1 is 1.04 bits per heavy atom. The molecule has 4 nitrogen and oxygen atoms in total. The molecule has 3 aromatic rings.